The maximum absolute atomic E-state index is 5.30. The summed E-state index contributed by atoms with van der Waals surface area (Å²) in [6, 6.07) is 8.23. The molecule has 0 fully saturated rings. The lowest BCUT2D eigenvalue weighted by Gasteiger charge is -2.11. The van der Waals surface area contributed by atoms with Gasteiger partial charge in [-0.2, -0.15) is 4.98 Å². The van der Waals surface area contributed by atoms with Gasteiger partial charge in [-0.3, -0.25) is 4.99 Å². The van der Waals surface area contributed by atoms with Crippen LogP contribution in [0.15, 0.2) is 33.8 Å². The van der Waals surface area contributed by atoms with E-state index in [1.54, 1.807) is 14.2 Å². The van der Waals surface area contributed by atoms with E-state index in [2.05, 4.69) is 37.9 Å². The Kier molecular flexibility index (Phi) is 7.64. The van der Waals surface area contributed by atoms with E-state index in [-0.39, 0.29) is 5.41 Å². The van der Waals surface area contributed by atoms with Gasteiger partial charge in [0.15, 0.2) is 11.8 Å². The van der Waals surface area contributed by atoms with E-state index in [0.717, 1.165) is 37.5 Å². The fourth-order valence-corrected chi connectivity index (χ4v) is 2.47. The molecule has 0 saturated heterocycles. The van der Waals surface area contributed by atoms with E-state index < -0.39 is 0 Å². The third-order valence-electron chi connectivity index (χ3n) is 4.09. The van der Waals surface area contributed by atoms with Crippen molar-refractivity contribution in [2.45, 2.75) is 52.0 Å². The number of rotatable bonds is 8. The van der Waals surface area contributed by atoms with E-state index >= 15 is 0 Å². The molecule has 0 atom stereocenters. The van der Waals surface area contributed by atoms with Crippen molar-refractivity contribution in [3.63, 3.8) is 0 Å². The molecule has 1 aromatic carbocycles. The van der Waals surface area contributed by atoms with E-state index in [4.69, 9.17) is 9.26 Å². The van der Waals surface area contributed by atoms with Crippen LogP contribution in [0.3, 0.4) is 0 Å². The summed E-state index contributed by atoms with van der Waals surface area (Å²) in [5.74, 6) is 2.90. The lowest BCUT2D eigenvalue weighted by atomic mass is 9.97. The van der Waals surface area contributed by atoms with Crippen LogP contribution in [0.2, 0.25) is 0 Å². The van der Waals surface area contributed by atoms with Gasteiger partial charge in [0, 0.05) is 19.0 Å². The highest BCUT2D eigenvalue weighted by molar-refractivity contribution is 5.79. The Labute approximate surface area is 161 Å². The first-order valence-corrected chi connectivity index (χ1v) is 9.33. The minimum absolute atomic E-state index is 0.144. The first kappa shape index (κ1) is 20.7. The molecule has 1 aromatic heterocycles. The topological polar surface area (TPSA) is 84.6 Å². The van der Waals surface area contributed by atoms with Gasteiger partial charge >= 0.3 is 0 Å². The second-order valence-corrected chi connectivity index (χ2v) is 7.42. The normalized spacial score (nSPS) is 12.1. The van der Waals surface area contributed by atoms with Crippen molar-refractivity contribution in [3.8, 4) is 5.75 Å². The summed E-state index contributed by atoms with van der Waals surface area (Å²) in [6.45, 7) is 7.47. The molecule has 2 rings (SSSR count). The number of ether oxygens (including phenoxy) is 1. The first-order chi connectivity index (χ1) is 12.9. The van der Waals surface area contributed by atoms with Crippen molar-refractivity contribution in [1.29, 1.82) is 0 Å². The van der Waals surface area contributed by atoms with Gasteiger partial charge in [0.1, 0.15) is 5.75 Å². The smallest absolute Gasteiger partial charge is 0.232 e. The van der Waals surface area contributed by atoms with Crippen LogP contribution in [-0.4, -0.2) is 36.8 Å². The molecule has 0 unspecified atom stereocenters. The molecule has 148 valence electrons. The summed E-state index contributed by atoms with van der Waals surface area (Å²) >= 11 is 0. The second kappa shape index (κ2) is 9.94. The van der Waals surface area contributed by atoms with Gasteiger partial charge in [0.2, 0.25) is 5.89 Å². The number of nitrogens with zero attached hydrogens (tertiary/aromatic N) is 3. The number of aliphatic imine (C=N–C) groups is 1. The van der Waals surface area contributed by atoms with Gasteiger partial charge in [-0.1, -0.05) is 38.1 Å². The summed E-state index contributed by atoms with van der Waals surface area (Å²) in [6.07, 6.45) is 3.22. The molecule has 0 radical (unpaired) electrons. The summed E-state index contributed by atoms with van der Waals surface area (Å²) in [7, 11) is 3.44. The van der Waals surface area contributed by atoms with Crippen molar-refractivity contribution in [1.82, 2.24) is 20.8 Å². The predicted molar refractivity (Wildman–Crippen MR) is 107 cm³/mol. The van der Waals surface area contributed by atoms with Crippen LogP contribution in [0.1, 0.15) is 50.9 Å². The van der Waals surface area contributed by atoms with Crippen LogP contribution in [0.4, 0.5) is 0 Å². The van der Waals surface area contributed by atoms with Crippen molar-refractivity contribution in [2.24, 2.45) is 4.99 Å². The molecule has 0 aliphatic carbocycles. The first-order valence-electron chi connectivity index (χ1n) is 9.33. The summed E-state index contributed by atoms with van der Waals surface area (Å²) < 4.78 is 10.5. The maximum atomic E-state index is 5.30. The molecule has 27 heavy (non-hydrogen) atoms. The Hall–Kier alpha value is -2.57. The van der Waals surface area contributed by atoms with E-state index in [1.165, 1.54) is 5.56 Å². The van der Waals surface area contributed by atoms with Gasteiger partial charge in [-0.15, -0.1) is 0 Å². The average Bonchev–Trinajstić information content (AvgIpc) is 3.14. The molecule has 0 saturated carbocycles. The lowest BCUT2D eigenvalue weighted by Crippen LogP contribution is -2.37. The highest BCUT2D eigenvalue weighted by Crippen LogP contribution is 2.19. The quantitative estimate of drug-likeness (QED) is 0.420. The molecule has 0 bridgehead atoms. The number of methoxy groups -OCH3 is 1. The number of nitrogens with one attached hydrogen (secondary N) is 2. The predicted octanol–water partition coefficient (Wildman–Crippen LogP) is 3.06. The Morgan fingerprint density at radius 1 is 1.15 bits per heavy atom. The molecule has 7 nitrogen and oxygen atoms in total. The van der Waals surface area contributed by atoms with Crippen LogP contribution < -0.4 is 15.4 Å². The number of unbranched alkanes of at least 4 members (excludes halogenated alkanes) is 1. The molecule has 2 aromatic rings. The Morgan fingerprint density at radius 3 is 2.48 bits per heavy atom. The van der Waals surface area contributed by atoms with Crippen molar-refractivity contribution in [2.75, 3.05) is 20.7 Å². The number of benzene rings is 1. The van der Waals surface area contributed by atoms with Gasteiger partial charge in [0.25, 0.3) is 0 Å². The molecule has 0 amide bonds. The Bertz CT molecular complexity index is 717. The third-order valence-corrected chi connectivity index (χ3v) is 4.09. The van der Waals surface area contributed by atoms with Crippen molar-refractivity contribution < 1.29 is 9.26 Å². The Morgan fingerprint density at radius 2 is 1.89 bits per heavy atom. The van der Waals surface area contributed by atoms with Crippen LogP contribution in [-0.2, 0) is 18.4 Å². The third kappa shape index (κ3) is 6.92. The standard InChI is InChI=1S/C20H31N5O2/c1-20(2,3)18-24-17(25-27-18)14-23-19(21-4)22-13-7-6-8-15-9-11-16(26-5)12-10-15/h9-12H,6-8,13-14H2,1-5H3,(H2,21,22,23). The zero-order valence-electron chi connectivity index (χ0n) is 17.0. The van der Waals surface area contributed by atoms with Gasteiger partial charge in [0.05, 0.1) is 13.7 Å². The number of aryl methyl sites for hydroxylation is 1. The van der Waals surface area contributed by atoms with Gasteiger partial charge < -0.3 is 19.9 Å². The number of aromatic nitrogens is 2. The molecular formula is C20H31N5O2. The molecule has 1 heterocycles. The minimum atomic E-state index is -0.144. The van der Waals surface area contributed by atoms with E-state index in [9.17, 15) is 0 Å². The minimum Gasteiger partial charge on any atom is -0.497 e. The van der Waals surface area contributed by atoms with Gasteiger partial charge in [-0.05, 0) is 37.0 Å². The lowest BCUT2D eigenvalue weighted by molar-refractivity contribution is 0.318. The molecule has 0 spiro atoms. The summed E-state index contributed by atoms with van der Waals surface area (Å²) in [5, 5.41) is 10.5. The van der Waals surface area contributed by atoms with Crippen LogP contribution >= 0.6 is 0 Å². The SMILES string of the molecule is CN=C(NCCCCc1ccc(OC)cc1)NCc1noc(C(C)(C)C)n1. The molecule has 2 N–H and O–H groups in total. The van der Waals surface area contributed by atoms with Gasteiger partial charge in [-0.25, -0.2) is 0 Å². The zero-order chi connectivity index (χ0) is 19.7. The van der Waals surface area contributed by atoms with Crippen molar-refractivity contribution in [3.05, 3.63) is 41.5 Å². The van der Waals surface area contributed by atoms with E-state index in [1.807, 2.05) is 32.9 Å². The summed E-state index contributed by atoms with van der Waals surface area (Å²) in [5.41, 5.74) is 1.18. The van der Waals surface area contributed by atoms with Crippen LogP contribution in [0.25, 0.3) is 0 Å². The molecular weight excluding hydrogens is 342 g/mol. The number of hydrogen-bond acceptors (Lipinski definition) is 5. The average molecular weight is 374 g/mol. The fraction of sp³-hybridized carbons (Fsp3) is 0.550. The largest absolute Gasteiger partial charge is 0.497 e. The molecule has 0 aliphatic rings. The molecule has 0 aliphatic heterocycles. The van der Waals surface area contributed by atoms with Crippen LogP contribution in [0, 0.1) is 0 Å². The number of guanidine groups is 1. The van der Waals surface area contributed by atoms with Crippen molar-refractivity contribution >= 4 is 5.96 Å². The highest BCUT2D eigenvalue weighted by Gasteiger charge is 2.21. The van der Waals surface area contributed by atoms with E-state index in [0.29, 0.717) is 18.3 Å². The number of hydrogen-bond donors (Lipinski definition) is 2. The second-order valence-electron chi connectivity index (χ2n) is 7.42. The molecule has 7 heteroatoms. The highest BCUT2D eigenvalue weighted by atomic mass is 16.5. The maximum Gasteiger partial charge on any atom is 0.232 e. The Balaban J connectivity index is 1.65. The zero-order valence-corrected chi connectivity index (χ0v) is 17.0. The fourth-order valence-electron chi connectivity index (χ4n) is 2.47. The summed E-state index contributed by atoms with van der Waals surface area (Å²) in [4.78, 5) is 8.64. The monoisotopic (exact) mass is 373 g/mol. The van der Waals surface area contributed by atoms with Crippen LogP contribution in [0.5, 0.6) is 5.75 Å².